The Morgan fingerprint density at radius 2 is 1.83 bits per heavy atom. The van der Waals surface area contributed by atoms with Crippen LogP contribution in [0, 0.1) is 0 Å². The van der Waals surface area contributed by atoms with Gasteiger partial charge in [-0.2, -0.15) is 0 Å². The Kier molecular flexibility index (Phi) is 3.71. The van der Waals surface area contributed by atoms with Gasteiger partial charge in [0.15, 0.2) is 0 Å². The summed E-state index contributed by atoms with van der Waals surface area (Å²) in [4.78, 5) is 5.33. The highest BCUT2D eigenvalue weighted by Gasteiger charge is 2.26. The van der Waals surface area contributed by atoms with Crippen molar-refractivity contribution in [2.24, 2.45) is 7.05 Å². The first-order valence-electron chi connectivity index (χ1n) is 7.39. The average molecular weight is 247 g/mol. The lowest BCUT2D eigenvalue weighted by atomic mass is 10.2. The van der Waals surface area contributed by atoms with Crippen molar-refractivity contribution in [3.8, 4) is 0 Å². The van der Waals surface area contributed by atoms with E-state index in [0.29, 0.717) is 0 Å². The van der Waals surface area contributed by atoms with Crippen molar-refractivity contribution in [2.75, 3.05) is 26.2 Å². The van der Waals surface area contributed by atoms with Crippen molar-refractivity contribution in [1.29, 1.82) is 0 Å². The summed E-state index contributed by atoms with van der Waals surface area (Å²) < 4.78 is 2.24. The van der Waals surface area contributed by atoms with Gasteiger partial charge in [0.05, 0.1) is 0 Å². The second kappa shape index (κ2) is 5.45. The van der Waals surface area contributed by atoms with Gasteiger partial charge >= 0.3 is 0 Å². The predicted octanol–water partition coefficient (Wildman–Crippen LogP) is 2.09. The molecule has 3 nitrogen and oxygen atoms in total. The number of piperazine rings is 1. The van der Waals surface area contributed by atoms with Crippen LogP contribution in [-0.2, 0) is 13.6 Å². The molecule has 0 radical (unpaired) electrons. The first-order chi connectivity index (χ1) is 8.83. The van der Waals surface area contributed by atoms with Crippen LogP contribution in [0.1, 0.15) is 31.4 Å². The molecule has 0 bridgehead atoms. The van der Waals surface area contributed by atoms with E-state index in [1.165, 1.54) is 57.6 Å². The summed E-state index contributed by atoms with van der Waals surface area (Å²) in [6, 6.07) is 5.29. The van der Waals surface area contributed by atoms with Crippen LogP contribution in [0.15, 0.2) is 18.3 Å². The van der Waals surface area contributed by atoms with Crippen molar-refractivity contribution < 1.29 is 0 Å². The van der Waals surface area contributed by atoms with E-state index in [9.17, 15) is 0 Å². The molecule has 3 heteroatoms. The number of hydrogen-bond donors (Lipinski definition) is 0. The smallest absolute Gasteiger partial charge is 0.0388 e. The summed E-state index contributed by atoms with van der Waals surface area (Å²) in [5.41, 5.74) is 1.43. The summed E-state index contributed by atoms with van der Waals surface area (Å²) >= 11 is 0. The van der Waals surface area contributed by atoms with Crippen LogP contribution in [0.2, 0.25) is 0 Å². The minimum atomic E-state index is 0.905. The molecular weight excluding hydrogens is 222 g/mol. The van der Waals surface area contributed by atoms with E-state index in [4.69, 9.17) is 0 Å². The molecule has 0 spiro atoms. The molecular formula is C15H25N3. The number of rotatable bonds is 3. The van der Waals surface area contributed by atoms with E-state index in [2.05, 4.69) is 39.7 Å². The van der Waals surface area contributed by atoms with Gasteiger partial charge in [-0.05, 0) is 25.0 Å². The first-order valence-corrected chi connectivity index (χ1v) is 7.39. The maximum Gasteiger partial charge on any atom is 0.0388 e. The Balaban J connectivity index is 1.49. The minimum Gasteiger partial charge on any atom is -0.353 e. The fraction of sp³-hybridized carbons (Fsp3) is 0.733. The third-order valence-corrected chi connectivity index (χ3v) is 4.68. The van der Waals surface area contributed by atoms with Crippen LogP contribution < -0.4 is 0 Å². The van der Waals surface area contributed by atoms with Crippen molar-refractivity contribution in [3.05, 3.63) is 24.0 Å². The summed E-state index contributed by atoms with van der Waals surface area (Å²) in [6.07, 6.45) is 7.93. The molecule has 1 saturated carbocycles. The van der Waals surface area contributed by atoms with E-state index in [1.807, 2.05) is 0 Å². The molecule has 2 aliphatic rings. The van der Waals surface area contributed by atoms with Gasteiger partial charge in [-0.15, -0.1) is 0 Å². The molecule has 0 atom stereocenters. The predicted molar refractivity (Wildman–Crippen MR) is 74.5 cm³/mol. The number of hydrogen-bond acceptors (Lipinski definition) is 2. The van der Waals surface area contributed by atoms with Crippen LogP contribution in [-0.4, -0.2) is 46.6 Å². The lowest BCUT2D eigenvalue weighted by Crippen LogP contribution is -2.49. The molecule has 2 heterocycles. The van der Waals surface area contributed by atoms with Gasteiger partial charge in [-0.1, -0.05) is 12.8 Å². The lowest BCUT2D eigenvalue weighted by molar-refractivity contribution is 0.0924. The third-order valence-electron chi connectivity index (χ3n) is 4.68. The zero-order valence-corrected chi connectivity index (χ0v) is 11.5. The molecule has 0 amide bonds. The van der Waals surface area contributed by atoms with Gasteiger partial charge in [0, 0.05) is 57.7 Å². The molecule has 0 unspecified atom stereocenters. The molecule has 1 aliphatic heterocycles. The molecule has 18 heavy (non-hydrogen) atoms. The fourth-order valence-electron chi connectivity index (χ4n) is 3.45. The van der Waals surface area contributed by atoms with Crippen LogP contribution in [0.4, 0.5) is 0 Å². The van der Waals surface area contributed by atoms with Crippen LogP contribution in [0.3, 0.4) is 0 Å². The van der Waals surface area contributed by atoms with Crippen molar-refractivity contribution >= 4 is 0 Å². The molecule has 1 aliphatic carbocycles. The minimum absolute atomic E-state index is 0.905. The number of aromatic nitrogens is 1. The molecule has 3 rings (SSSR count). The van der Waals surface area contributed by atoms with Gasteiger partial charge in [0.2, 0.25) is 0 Å². The average Bonchev–Trinajstić information content (AvgIpc) is 3.03. The van der Waals surface area contributed by atoms with Gasteiger partial charge in [0.1, 0.15) is 0 Å². The highest BCUT2D eigenvalue weighted by molar-refractivity contribution is 5.06. The lowest BCUT2D eigenvalue weighted by Gasteiger charge is -2.38. The fourth-order valence-corrected chi connectivity index (χ4v) is 3.45. The van der Waals surface area contributed by atoms with E-state index in [0.717, 1.165) is 12.6 Å². The SMILES string of the molecule is Cn1cccc1CN1CCN(C2CCCC2)CC1. The topological polar surface area (TPSA) is 11.4 Å². The van der Waals surface area contributed by atoms with Crippen LogP contribution >= 0.6 is 0 Å². The van der Waals surface area contributed by atoms with Gasteiger partial charge in [-0.3, -0.25) is 9.80 Å². The standard InChI is InChI=1S/C15H25N3/c1-16-8-4-7-15(16)13-17-9-11-18(12-10-17)14-5-2-3-6-14/h4,7-8,14H,2-3,5-6,9-13H2,1H3. The molecule has 0 N–H and O–H groups in total. The maximum atomic E-state index is 2.73. The Morgan fingerprint density at radius 1 is 1.11 bits per heavy atom. The highest BCUT2D eigenvalue weighted by Crippen LogP contribution is 2.24. The van der Waals surface area contributed by atoms with Crippen molar-refractivity contribution in [2.45, 2.75) is 38.3 Å². The molecule has 100 valence electrons. The van der Waals surface area contributed by atoms with Gasteiger partial charge in [-0.25, -0.2) is 0 Å². The summed E-state index contributed by atoms with van der Waals surface area (Å²) in [7, 11) is 2.14. The van der Waals surface area contributed by atoms with Crippen LogP contribution in [0.5, 0.6) is 0 Å². The normalized spacial score (nSPS) is 23.8. The van der Waals surface area contributed by atoms with E-state index >= 15 is 0 Å². The quantitative estimate of drug-likeness (QED) is 0.810. The second-order valence-corrected chi connectivity index (χ2v) is 5.86. The molecule has 0 aromatic carbocycles. The van der Waals surface area contributed by atoms with E-state index in [-0.39, 0.29) is 0 Å². The molecule has 1 saturated heterocycles. The first kappa shape index (κ1) is 12.2. The molecule has 1 aromatic heterocycles. The Labute approximate surface area is 110 Å². The van der Waals surface area contributed by atoms with E-state index < -0.39 is 0 Å². The summed E-state index contributed by atoms with van der Waals surface area (Å²) in [5, 5.41) is 0. The Bertz CT molecular complexity index is 371. The van der Waals surface area contributed by atoms with Gasteiger partial charge < -0.3 is 4.57 Å². The zero-order chi connectivity index (χ0) is 12.4. The number of aryl methyl sites for hydroxylation is 1. The summed E-state index contributed by atoms with van der Waals surface area (Å²) in [5.74, 6) is 0. The highest BCUT2D eigenvalue weighted by atomic mass is 15.3. The Morgan fingerprint density at radius 3 is 2.44 bits per heavy atom. The third kappa shape index (κ3) is 2.62. The maximum absolute atomic E-state index is 2.73. The number of nitrogens with zero attached hydrogens (tertiary/aromatic N) is 3. The second-order valence-electron chi connectivity index (χ2n) is 5.86. The molecule has 1 aromatic rings. The monoisotopic (exact) mass is 247 g/mol. The van der Waals surface area contributed by atoms with Crippen LogP contribution in [0.25, 0.3) is 0 Å². The molecule has 2 fully saturated rings. The Hall–Kier alpha value is -0.800. The zero-order valence-electron chi connectivity index (χ0n) is 11.5. The largest absolute Gasteiger partial charge is 0.353 e. The van der Waals surface area contributed by atoms with Crippen molar-refractivity contribution in [1.82, 2.24) is 14.4 Å². The van der Waals surface area contributed by atoms with Gasteiger partial charge in [0.25, 0.3) is 0 Å². The van der Waals surface area contributed by atoms with E-state index in [1.54, 1.807) is 0 Å². The summed E-state index contributed by atoms with van der Waals surface area (Å²) in [6.45, 7) is 6.13. The van der Waals surface area contributed by atoms with Crippen molar-refractivity contribution in [3.63, 3.8) is 0 Å².